The average molecular weight is 517 g/mol. The van der Waals surface area contributed by atoms with Crippen LogP contribution in [-0.2, 0) is 25.8 Å². The first kappa shape index (κ1) is 23.1. The van der Waals surface area contributed by atoms with Gasteiger partial charge in [0.15, 0.2) is 11.7 Å². The molecule has 3 rings (SSSR count). The minimum atomic E-state index is 0. The van der Waals surface area contributed by atoms with Gasteiger partial charge in [-0.25, -0.2) is 9.98 Å². The Morgan fingerprint density at radius 1 is 1.29 bits per heavy atom. The number of guanidine groups is 1. The van der Waals surface area contributed by atoms with Crippen molar-refractivity contribution in [2.75, 3.05) is 13.1 Å². The Balaban J connectivity index is 0.00000280. The van der Waals surface area contributed by atoms with Gasteiger partial charge in [0.2, 0.25) is 0 Å². The van der Waals surface area contributed by atoms with Gasteiger partial charge in [0.1, 0.15) is 6.54 Å². The molecule has 2 aromatic rings. The maximum absolute atomic E-state index is 5.36. The molecule has 6 nitrogen and oxygen atoms in total. The first-order valence-electron chi connectivity index (χ1n) is 10.1. The number of hydrogen-bond donors (Lipinski definition) is 2. The second-order valence-corrected chi connectivity index (χ2v) is 8.45. The molecule has 0 amide bonds. The van der Waals surface area contributed by atoms with Crippen LogP contribution in [0.4, 0.5) is 0 Å². The van der Waals surface area contributed by atoms with Gasteiger partial charge in [-0.1, -0.05) is 19.0 Å². The molecule has 0 saturated heterocycles. The van der Waals surface area contributed by atoms with Crippen molar-refractivity contribution in [3.63, 3.8) is 0 Å². The Morgan fingerprint density at radius 2 is 2.11 bits per heavy atom. The molecule has 0 unspecified atom stereocenters. The summed E-state index contributed by atoms with van der Waals surface area (Å²) in [5.41, 5.74) is 2.33. The lowest BCUT2D eigenvalue weighted by Crippen LogP contribution is -2.37. The third-order valence-corrected chi connectivity index (χ3v) is 5.87. The molecule has 1 aliphatic carbocycles. The summed E-state index contributed by atoms with van der Waals surface area (Å²) in [6.07, 6.45) is 7.09. The summed E-state index contributed by atoms with van der Waals surface area (Å²) in [5.74, 6) is 1.98. The van der Waals surface area contributed by atoms with Gasteiger partial charge in [-0.3, -0.25) is 0 Å². The first-order chi connectivity index (χ1) is 13.2. The average Bonchev–Trinajstić information content (AvgIpc) is 3.29. The molecule has 0 saturated carbocycles. The van der Waals surface area contributed by atoms with Crippen molar-refractivity contribution >= 4 is 41.3 Å². The lowest BCUT2D eigenvalue weighted by Gasteiger charge is -2.10. The van der Waals surface area contributed by atoms with E-state index in [1.165, 1.54) is 41.3 Å². The highest BCUT2D eigenvalue weighted by atomic mass is 127. The Bertz CT molecular complexity index is 732. The highest BCUT2D eigenvalue weighted by molar-refractivity contribution is 14.0. The number of hydrogen-bond acceptors (Lipinski definition) is 5. The number of aromatic nitrogens is 2. The lowest BCUT2D eigenvalue weighted by atomic mass is 10.0. The Kier molecular flexibility index (Phi) is 9.70. The molecular weight excluding hydrogens is 485 g/mol. The number of fused-ring (bicyclic) bond motifs is 1. The topological polar surface area (TPSA) is 75.3 Å². The second kappa shape index (κ2) is 11.7. The van der Waals surface area contributed by atoms with Crippen molar-refractivity contribution in [2.45, 2.75) is 71.8 Å². The van der Waals surface area contributed by atoms with Gasteiger partial charge in [0, 0.05) is 30.5 Å². The van der Waals surface area contributed by atoms with Crippen LogP contribution in [0.25, 0.3) is 0 Å². The van der Waals surface area contributed by atoms with Crippen molar-refractivity contribution in [3.8, 4) is 0 Å². The van der Waals surface area contributed by atoms with Crippen LogP contribution in [0.1, 0.15) is 73.0 Å². The molecular formula is C20H32IN5OS. The summed E-state index contributed by atoms with van der Waals surface area (Å²) >= 11 is 1.91. The van der Waals surface area contributed by atoms with E-state index in [0.717, 1.165) is 43.3 Å². The fourth-order valence-corrected chi connectivity index (χ4v) is 4.33. The van der Waals surface area contributed by atoms with Crippen molar-refractivity contribution in [1.82, 2.24) is 20.8 Å². The van der Waals surface area contributed by atoms with Gasteiger partial charge in [-0.2, -0.15) is 0 Å². The molecule has 0 bridgehead atoms. The zero-order valence-electron chi connectivity index (χ0n) is 17.1. The minimum absolute atomic E-state index is 0. The number of thiazole rings is 1. The molecule has 0 aliphatic heterocycles. The zero-order chi connectivity index (χ0) is 19.1. The van der Waals surface area contributed by atoms with Crippen LogP contribution in [0.3, 0.4) is 0 Å². The third-order valence-electron chi connectivity index (χ3n) is 4.66. The van der Waals surface area contributed by atoms with Crippen LogP contribution in [0, 0.1) is 0 Å². The highest BCUT2D eigenvalue weighted by Gasteiger charge is 2.14. The van der Waals surface area contributed by atoms with Gasteiger partial charge in [0.05, 0.1) is 16.4 Å². The van der Waals surface area contributed by atoms with Gasteiger partial charge in [-0.15, -0.1) is 35.3 Å². The molecule has 2 aromatic heterocycles. The summed E-state index contributed by atoms with van der Waals surface area (Å²) in [6.45, 7) is 8.49. The molecule has 0 spiro atoms. The van der Waals surface area contributed by atoms with Crippen molar-refractivity contribution in [1.29, 1.82) is 0 Å². The van der Waals surface area contributed by atoms with E-state index in [-0.39, 0.29) is 24.0 Å². The third kappa shape index (κ3) is 6.72. The number of halogens is 1. The van der Waals surface area contributed by atoms with Crippen LogP contribution in [-0.4, -0.2) is 29.2 Å². The van der Waals surface area contributed by atoms with Gasteiger partial charge < -0.3 is 15.2 Å². The SMILES string of the molecule is CCNC(=NCc1cc(C(C)C)no1)NCCCc1nc2c(s1)CCCC2.I. The maximum atomic E-state index is 5.36. The number of aryl methyl sites for hydroxylation is 3. The van der Waals surface area contributed by atoms with Gasteiger partial charge in [-0.05, 0) is 44.9 Å². The number of aliphatic imine (C=N–C) groups is 1. The maximum Gasteiger partial charge on any atom is 0.191 e. The van der Waals surface area contributed by atoms with E-state index in [0.29, 0.717) is 12.5 Å². The molecule has 0 atom stereocenters. The van der Waals surface area contributed by atoms with Crippen molar-refractivity contribution in [2.24, 2.45) is 4.99 Å². The predicted molar refractivity (Wildman–Crippen MR) is 126 cm³/mol. The molecule has 0 radical (unpaired) electrons. The fourth-order valence-electron chi connectivity index (χ4n) is 3.13. The van der Waals surface area contributed by atoms with E-state index in [2.05, 4.69) is 41.6 Å². The number of nitrogens with zero attached hydrogens (tertiary/aromatic N) is 3. The second-order valence-electron chi connectivity index (χ2n) is 7.28. The molecule has 8 heteroatoms. The molecule has 28 heavy (non-hydrogen) atoms. The van der Waals surface area contributed by atoms with Crippen LogP contribution in [0.5, 0.6) is 0 Å². The summed E-state index contributed by atoms with van der Waals surface area (Å²) in [4.78, 5) is 10.9. The van der Waals surface area contributed by atoms with Crippen molar-refractivity contribution < 1.29 is 4.52 Å². The van der Waals surface area contributed by atoms with E-state index in [1.807, 2.05) is 17.4 Å². The van der Waals surface area contributed by atoms with Crippen LogP contribution in [0.2, 0.25) is 0 Å². The monoisotopic (exact) mass is 517 g/mol. The Morgan fingerprint density at radius 3 is 2.82 bits per heavy atom. The molecule has 2 N–H and O–H groups in total. The van der Waals surface area contributed by atoms with Crippen LogP contribution < -0.4 is 10.6 Å². The van der Waals surface area contributed by atoms with E-state index < -0.39 is 0 Å². The van der Waals surface area contributed by atoms with E-state index in [9.17, 15) is 0 Å². The minimum Gasteiger partial charge on any atom is -0.359 e. The van der Waals surface area contributed by atoms with Crippen LogP contribution >= 0.6 is 35.3 Å². The van der Waals surface area contributed by atoms with Crippen molar-refractivity contribution in [3.05, 3.63) is 33.1 Å². The summed E-state index contributed by atoms with van der Waals surface area (Å²) in [7, 11) is 0. The number of rotatable bonds is 8. The smallest absolute Gasteiger partial charge is 0.191 e. The van der Waals surface area contributed by atoms with Gasteiger partial charge >= 0.3 is 0 Å². The molecule has 0 fully saturated rings. The standard InChI is InChI=1S/C20H31N5OS.HI/c1-4-21-20(23-13-15-12-17(14(2)3)25-26-15)22-11-7-10-19-24-16-8-5-6-9-18(16)27-19;/h12,14H,4-11,13H2,1-3H3,(H2,21,22,23);1H. The normalized spacial score (nSPS) is 13.9. The molecule has 0 aromatic carbocycles. The van der Waals surface area contributed by atoms with E-state index in [4.69, 9.17) is 9.51 Å². The molecule has 2 heterocycles. The molecule has 156 valence electrons. The quantitative estimate of drug-likeness (QED) is 0.235. The number of nitrogens with one attached hydrogen (secondary N) is 2. The predicted octanol–water partition coefficient (Wildman–Crippen LogP) is 4.44. The van der Waals surface area contributed by atoms with E-state index >= 15 is 0 Å². The fraction of sp³-hybridized carbons (Fsp3) is 0.650. The lowest BCUT2D eigenvalue weighted by molar-refractivity contribution is 0.376. The zero-order valence-corrected chi connectivity index (χ0v) is 20.2. The van der Waals surface area contributed by atoms with E-state index in [1.54, 1.807) is 0 Å². The van der Waals surface area contributed by atoms with Crippen LogP contribution in [0.15, 0.2) is 15.6 Å². The summed E-state index contributed by atoms with van der Waals surface area (Å²) in [6, 6.07) is 1.99. The Labute approximate surface area is 189 Å². The van der Waals surface area contributed by atoms with Gasteiger partial charge in [0.25, 0.3) is 0 Å². The first-order valence-corrected chi connectivity index (χ1v) is 10.9. The largest absolute Gasteiger partial charge is 0.359 e. The summed E-state index contributed by atoms with van der Waals surface area (Å²) < 4.78 is 5.36. The molecule has 1 aliphatic rings. The summed E-state index contributed by atoms with van der Waals surface area (Å²) in [5, 5.41) is 12.1. The highest BCUT2D eigenvalue weighted by Crippen LogP contribution is 2.27. The Hall–Kier alpha value is -1.16.